The van der Waals surface area contributed by atoms with Crippen molar-refractivity contribution in [2.24, 2.45) is 7.05 Å². The first-order valence-corrected chi connectivity index (χ1v) is 13.2. The molecule has 1 aromatic carbocycles. The molecule has 1 aliphatic rings. The monoisotopic (exact) mass is 564 g/mol. The normalized spacial score (nSPS) is 15.7. The Bertz CT molecular complexity index is 1080. The Morgan fingerprint density at radius 1 is 1.37 bits per heavy atom. The molecule has 7 nitrogen and oxygen atoms in total. The number of nitrogens with one attached hydrogen (secondary N) is 2. The lowest BCUT2D eigenvalue weighted by Gasteiger charge is -2.22. The van der Waals surface area contributed by atoms with Crippen molar-refractivity contribution in [1.29, 1.82) is 0 Å². The molecule has 12 heteroatoms. The van der Waals surface area contributed by atoms with E-state index in [-0.39, 0.29) is 11.5 Å². The number of methoxy groups -OCH3 is 1. The standard InChI is InChI=1S/C18H17ClF2IN6OP/c1-27-8-9(7-23-27)10-4-3-5-11(15(10)29-2)24-12-6-13(19)25-17-14(12)26-18(16(20)21)28(17)30-22/h3-8,16,18,26,30H,1-2H3,(H,24,25). The summed E-state index contributed by atoms with van der Waals surface area (Å²) in [6.07, 6.45) is -0.0467. The van der Waals surface area contributed by atoms with Gasteiger partial charge in [-0.25, -0.2) is 13.8 Å². The summed E-state index contributed by atoms with van der Waals surface area (Å²) in [4.78, 5) is 4.27. The fourth-order valence-corrected chi connectivity index (χ4v) is 5.62. The van der Waals surface area contributed by atoms with E-state index in [2.05, 4.69) is 42.8 Å². The lowest BCUT2D eigenvalue weighted by Crippen LogP contribution is -2.35. The third-order valence-corrected chi connectivity index (χ3v) is 7.03. The second-order valence-electron chi connectivity index (χ2n) is 6.48. The number of hydrogen-bond acceptors (Lipinski definition) is 6. The average molecular weight is 565 g/mol. The van der Waals surface area contributed by atoms with Gasteiger partial charge in [0.1, 0.15) is 16.6 Å². The lowest BCUT2D eigenvalue weighted by atomic mass is 10.1. The van der Waals surface area contributed by atoms with Crippen molar-refractivity contribution in [2.45, 2.75) is 12.6 Å². The molecule has 4 rings (SSSR count). The minimum absolute atomic E-state index is 0.0693. The number of fused-ring (bicyclic) bond motifs is 1. The van der Waals surface area contributed by atoms with Gasteiger partial charge >= 0.3 is 0 Å². The van der Waals surface area contributed by atoms with Crippen molar-refractivity contribution in [3.05, 3.63) is 41.8 Å². The number of rotatable bonds is 6. The van der Waals surface area contributed by atoms with E-state index >= 15 is 0 Å². The molecule has 2 aromatic heterocycles. The van der Waals surface area contributed by atoms with Crippen molar-refractivity contribution in [1.82, 2.24) is 14.8 Å². The second kappa shape index (κ2) is 8.68. The van der Waals surface area contributed by atoms with E-state index in [0.29, 0.717) is 28.6 Å². The first-order valence-electron chi connectivity index (χ1n) is 8.76. The van der Waals surface area contributed by atoms with Crippen molar-refractivity contribution < 1.29 is 13.5 Å². The molecule has 3 heterocycles. The molecule has 0 bridgehead atoms. The maximum Gasteiger partial charge on any atom is 0.277 e. The summed E-state index contributed by atoms with van der Waals surface area (Å²) < 4.78 is 36.0. The first kappa shape index (κ1) is 21.3. The molecule has 0 spiro atoms. The molecule has 1 aliphatic heterocycles. The number of alkyl halides is 2. The van der Waals surface area contributed by atoms with E-state index in [1.807, 2.05) is 31.4 Å². The Labute approximate surface area is 191 Å². The SMILES string of the molecule is COc1c(Nc2cc(Cl)nc3c2NC(C(F)F)N3PI)cccc1-c1cnn(C)c1. The molecule has 158 valence electrons. The molecule has 0 radical (unpaired) electrons. The van der Waals surface area contributed by atoms with E-state index < -0.39 is 12.6 Å². The molecule has 0 saturated carbocycles. The van der Waals surface area contributed by atoms with Crippen LogP contribution in [0, 0.1) is 0 Å². The highest BCUT2D eigenvalue weighted by molar-refractivity contribution is 14.2. The highest BCUT2D eigenvalue weighted by Crippen LogP contribution is 2.49. The minimum atomic E-state index is -2.59. The van der Waals surface area contributed by atoms with Gasteiger partial charge in [-0.2, -0.15) is 5.10 Å². The zero-order valence-electron chi connectivity index (χ0n) is 15.8. The van der Waals surface area contributed by atoms with Crippen LogP contribution in [0.2, 0.25) is 5.15 Å². The Kier molecular flexibility index (Phi) is 6.17. The topological polar surface area (TPSA) is 67.2 Å². The number of ether oxygens (including phenoxy) is 1. The van der Waals surface area contributed by atoms with Crippen molar-refractivity contribution in [2.75, 3.05) is 22.4 Å². The van der Waals surface area contributed by atoms with Gasteiger partial charge in [0.2, 0.25) is 0 Å². The zero-order valence-corrected chi connectivity index (χ0v) is 19.7. The van der Waals surface area contributed by atoms with Crippen LogP contribution in [-0.4, -0.2) is 34.5 Å². The molecular weight excluding hydrogens is 548 g/mol. The van der Waals surface area contributed by atoms with Gasteiger partial charge in [-0.05, 0) is 28.1 Å². The van der Waals surface area contributed by atoms with Gasteiger partial charge in [-0.15, -0.1) is 0 Å². The zero-order chi connectivity index (χ0) is 21.4. The predicted molar refractivity (Wildman–Crippen MR) is 126 cm³/mol. The van der Waals surface area contributed by atoms with Crippen LogP contribution in [0.25, 0.3) is 11.1 Å². The molecule has 2 N–H and O–H groups in total. The van der Waals surface area contributed by atoms with Gasteiger partial charge < -0.3 is 20.0 Å². The fourth-order valence-electron chi connectivity index (χ4n) is 3.32. The number of anilines is 4. The third kappa shape index (κ3) is 3.88. The number of pyridine rings is 1. The molecule has 3 aromatic rings. The van der Waals surface area contributed by atoms with Crippen LogP contribution in [0.15, 0.2) is 36.7 Å². The second-order valence-corrected chi connectivity index (χ2v) is 8.97. The van der Waals surface area contributed by atoms with Crippen LogP contribution in [0.4, 0.5) is 31.7 Å². The molecule has 0 amide bonds. The Hall–Kier alpha value is -1.91. The minimum Gasteiger partial charge on any atom is -0.494 e. The van der Waals surface area contributed by atoms with Gasteiger partial charge in [0.15, 0.2) is 12.0 Å². The smallest absolute Gasteiger partial charge is 0.277 e. The van der Waals surface area contributed by atoms with Crippen molar-refractivity contribution >= 4 is 62.9 Å². The molecule has 0 saturated heterocycles. The summed E-state index contributed by atoms with van der Waals surface area (Å²) in [7, 11) is 3.42. The average Bonchev–Trinajstić information content (AvgIpc) is 3.31. The molecule has 2 unspecified atom stereocenters. The molecule has 2 atom stereocenters. The van der Waals surface area contributed by atoms with E-state index in [1.165, 1.54) is 4.67 Å². The van der Waals surface area contributed by atoms with Crippen LogP contribution in [-0.2, 0) is 7.05 Å². The molecule has 0 aliphatic carbocycles. The summed E-state index contributed by atoms with van der Waals surface area (Å²) in [6, 6.07) is 7.25. The number of nitrogens with zero attached hydrogens (tertiary/aromatic N) is 4. The Balaban J connectivity index is 1.77. The lowest BCUT2D eigenvalue weighted by molar-refractivity contribution is 0.130. The van der Waals surface area contributed by atoms with Crippen LogP contribution < -0.4 is 20.0 Å². The Morgan fingerprint density at radius 2 is 2.17 bits per heavy atom. The highest BCUT2D eigenvalue weighted by atomic mass is 127. The van der Waals surface area contributed by atoms with E-state index in [4.69, 9.17) is 16.3 Å². The van der Waals surface area contributed by atoms with E-state index in [9.17, 15) is 8.78 Å². The fraction of sp³-hybridized carbons (Fsp3) is 0.222. The third-order valence-electron chi connectivity index (χ3n) is 4.60. The Morgan fingerprint density at radius 3 is 2.80 bits per heavy atom. The summed E-state index contributed by atoms with van der Waals surface area (Å²) in [5.41, 5.74) is 3.41. The van der Waals surface area contributed by atoms with Gasteiger partial charge in [-0.3, -0.25) is 4.68 Å². The largest absolute Gasteiger partial charge is 0.494 e. The van der Waals surface area contributed by atoms with Crippen molar-refractivity contribution in [3.63, 3.8) is 0 Å². The highest BCUT2D eigenvalue weighted by Gasteiger charge is 2.38. The summed E-state index contributed by atoms with van der Waals surface area (Å²) in [5.74, 6) is 0.994. The summed E-state index contributed by atoms with van der Waals surface area (Å²) in [5, 5.41) is 10.6. The summed E-state index contributed by atoms with van der Waals surface area (Å²) in [6.45, 7) is 0. The molecule has 0 fully saturated rings. The number of hydrogen-bond donors (Lipinski definition) is 2. The van der Waals surface area contributed by atoms with E-state index in [0.717, 1.165) is 11.1 Å². The number of aromatic nitrogens is 3. The van der Waals surface area contributed by atoms with E-state index in [1.54, 1.807) is 24.1 Å². The number of benzene rings is 1. The first-order chi connectivity index (χ1) is 14.4. The predicted octanol–water partition coefficient (Wildman–Crippen LogP) is 5.65. The van der Waals surface area contributed by atoms with Gasteiger partial charge in [0.25, 0.3) is 6.43 Å². The van der Waals surface area contributed by atoms with Crippen molar-refractivity contribution in [3.8, 4) is 16.9 Å². The van der Waals surface area contributed by atoms with Gasteiger partial charge in [0, 0.05) is 36.8 Å². The summed E-state index contributed by atoms with van der Waals surface area (Å²) >= 11 is 8.27. The molecule has 30 heavy (non-hydrogen) atoms. The van der Waals surface area contributed by atoms with Gasteiger partial charge in [0.05, 0.1) is 24.7 Å². The maximum absolute atomic E-state index is 13.6. The van der Waals surface area contributed by atoms with Crippen LogP contribution >= 0.6 is 40.0 Å². The quantitative estimate of drug-likeness (QED) is 0.229. The number of halogens is 4. The van der Waals surface area contributed by atoms with Gasteiger partial charge in [-0.1, -0.05) is 23.7 Å². The molecular formula is C18H17ClF2IN6OP. The maximum atomic E-state index is 13.6. The van der Waals surface area contributed by atoms with Crippen LogP contribution in [0.5, 0.6) is 5.75 Å². The van der Waals surface area contributed by atoms with Crippen LogP contribution in [0.3, 0.4) is 0 Å². The number of para-hydroxylation sites is 1. The number of aryl methyl sites for hydroxylation is 1. The van der Waals surface area contributed by atoms with Crippen LogP contribution in [0.1, 0.15) is 0 Å².